The van der Waals surface area contributed by atoms with Gasteiger partial charge in [0.2, 0.25) is 0 Å². The van der Waals surface area contributed by atoms with Crippen LogP contribution >= 0.6 is 0 Å². The molecule has 140 valence electrons. The molecule has 8 heteroatoms. The van der Waals surface area contributed by atoms with Gasteiger partial charge in [0.1, 0.15) is 0 Å². The maximum Gasteiger partial charge on any atom is 0.408 e. The molecule has 0 fully saturated rings. The van der Waals surface area contributed by atoms with Crippen LogP contribution in [0.2, 0.25) is 0 Å². The lowest BCUT2D eigenvalue weighted by Gasteiger charge is -2.20. The number of ether oxygens (including phenoxy) is 2. The number of nitrogens with one attached hydrogen (secondary N) is 3. The lowest BCUT2D eigenvalue weighted by atomic mass is 10.3. The summed E-state index contributed by atoms with van der Waals surface area (Å²) < 4.78 is 10.1. The van der Waals surface area contributed by atoms with Gasteiger partial charge in [0.25, 0.3) is 0 Å². The highest BCUT2D eigenvalue weighted by Gasteiger charge is 2.14. The van der Waals surface area contributed by atoms with Crippen LogP contribution in [0.5, 0.6) is 0 Å². The van der Waals surface area contributed by atoms with Gasteiger partial charge in [0.15, 0.2) is 12.5 Å². The van der Waals surface area contributed by atoms with E-state index in [4.69, 9.17) is 14.7 Å². The highest BCUT2D eigenvalue weighted by Crippen LogP contribution is 1.94. The summed E-state index contributed by atoms with van der Waals surface area (Å²) in [5, 5.41) is 15.5. The molecule has 0 aliphatic rings. The first-order chi connectivity index (χ1) is 11.4. The quantitative estimate of drug-likeness (QED) is 0.415. The van der Waals surface area contributed by atoms with Gasteiger partial charge < -0.3 is 20.1 Å². The molecule has 0 spiro atoms. The molecular formula is C16H32N4O4. The van der Waals surface area contributed by atoms with Crippen LogP contribution in [-0.4, -0.2) is 37.7 Å². The SMILES string of the molecule is CC#N.CCCCNC(=O)OC(C)NC(C)OC(=O)NCCCC. The van der Waals surface area contributed by atoms with Crippen LogP contribution < -0.4 is 16.0 Å². The highest BCUT2D eigenvalue weighted by molar-refractivity contribution is 5.67. The number of nitriles is 1. The van der Waals surface area contributed by atoms with E-state index in [0.29, 0.717) is 13.1 Å². The van der Waals surface area contributed by atoms with E-state index in [2.05, 4.69) is 16.0 Å². The van der Waals surface area contributed by atoms with E-state index in [1.165, 1.54) is 6.92 Å². The molecule has 0 rings (SSSR count). The van der Waals surface area contributed by atoms with Gasteiger partial charge in [-0.1, -0.05) is 26.7 Å². The standard InChI is InChI=1S/C14H29N3O4.C2H3N/c1-5-7-9-15-13(18)20-11(3)17-12(4)21-14(19)16-10-8-6-2;1-2-3/h11-12,17H,5-10H2,1-4H3,(H,15,18)(H,16,19);1H3. The molecule has 0 aromatic heterocycles. The lowest BCUT2D eigenvalue weighted by Crippen LogP contribution is -2.43. The average molecular weight is 344 g/mol. The number of hydrogen-bond acceptors (Lipinski definition) is 6. The van der Waals surface area contributed by atoms with Crippen molar-refractivity contribution < 1.29 is 19.1 Å². The van der Waals surface area contributed by atoms with Gasteiger partial charge in [0.05, 0.1) is 6.07 Å². The van der Waals surface area contributed by atoms with Crippen LogP contribution in [0.4, 0.5) is 9.59 Å². The van der Waals surface area contributed by atoms with E-state index in [1.807, 2.05) is 13.8 Å². The molecular weight excluding hydrogens is 312 g/mol. The number of nitrogens with zero attached hydrogens (tertiary/aromatic N) is 1. The van der Waals surface area contributed by atoms with E-state index in [0.717, 1.165) is 25.7 Å². The predicted octanol–water partition coefficient (Wildman–Crippen LogP) is 2.85. The zero-order chi connectivity index (χ0) is 18.8. The van der Waals surface area contributed by atoms with Crippen LogP contribution in [0.25, 0.3) is 0 Å². The minimum atomic E-state index is -0.551. The molecule has 3 N–H and O–H groups in total. The molecule has 0 bridgehead atoms. The third kappa shape index (κ3) is 18.0. The van der Waals surface area contributed by atoms with Crippen molar-refractivity contribution in [1.29, 1.82) is 5.26 Å². The van der Waals surface area contributed by atoms with Crippen LogP contribution in [0, 0.1) is 11.3 Å². The molecule has 0 aromatic rings. The zero-order valence-electron chi connectivity index (χ0n) is 15.5. The summed E-state index contributed by atoms with van der Waals surface area (Å²) in [5.74, 6) is 0. The smallest absolute Gasteiger partial charge is 0.408 e. The third-order valence-electron chi connectivity index (χ3n) is 2.64. The summed E-state index contributed by atoms with van der Waals surface area (Å²) in [6, 6.07) is 1.75. The van der Waals surface area contributed by atoms with Crippen LogP contribution in [0.3, 0.4) is 0 Å². The maximum absolute atomic E-state index is 11.4. The summed E-state index contributed by atoms with van der Waals surface area (Å²) in [5.41, 5.74) is 0. The molecule has 0 aliphatic carbocycles. The second-order valence-electron chi connectivity index (χ2n) is 5.05. The van der Waals surface area contributed by atoms with E-state index in [1.54, 1.807) is 19.9 Å². The number of alkyl carbamates (subject to hydrolysis) is 2. The van der Waals surface area contributed by atoms with Gasteiger partial charge in [-0.05, 0) is 26.7 Å². The first-order valence-electron chi connectivity index (χ1n) is 8.36. The number of unbranched alkanes of at least 4 members (excludes halogenated alkanes) is 2. The summed E-state index contributed by atoms with van der Waals surface area (Å²) >= 11 is 0. The first-order valence-corrected chi connectivity index (χ1v) is 8.36. The molecule has 2 unspecified atom stereocenters. The largest absolute Gasteiger partial charge is 0.431 e. The van der Waals surface area contributed by atoms with Gasteiger partial charge in [-0.25, -0.2) is 14.9 Å². The van der Waals surface area contributed by atoms with Crippen molar-refractivity contribution in [3.63, 3.8) is 0 Å². The number of amides is 2. The van der Waals surface area contributed by atoms with E-state index < -0.39 is 24.6 Å². The second-order valence-corrected chi connectivity index (χ2v) is 5.05. The normalized spacial score (nSPS) is 11.8. The number of carbonyl (C=O) groups is 2. The van der Waals surface area contributed by atoms with Gasteiger partial charge in [-0.3, -0.25) is 0 Å². The number of rotatable bonds is 10. The molecule has 0 saturated heterocycles. The van der Waals surface area contributed by atoms with E-state index in [9.17, 15) is 9.59 Å². The summed E-state index contributed by atoms with van der Waals surface area (Å²) in [6.45, 7) is 10.0. The van der Waals surface area contributed by atoms with Crippen LogP contribution in [-0.2, 0) is 9.47 Å². The van der Waals surface area contributed by atoms with Crippen LogP contribution in [0.15, 0.2) is 0 Å². The van der Waals surface area contributed by atoms with Crippen molar-refractivity contribution in [3.05, 3.63) is 0 Å². The molecule has 0 saturated carbocycles. The zero-order valence-corrected chi connectivity index (χ0v) is 15.5. The Labute approximate surface area is 145 Å². The average Bonchev–Trinajstić information content (AvgIpc) is 2.48. The number of hydrogen-bond donors (Lipinski definition) is 3. The Morgan fingerprint density at radius 1 is 0.958 bits per heavy atom. The van der Waals surface area contributed by atoms with Gasteiger partial charge in [0, 0.05) is 20.0 Å². The molecule has 0 aliphatic heterocycles. The molecule has 0 heterocycles. The molecule has 2 amide bonds. The van der Waals surface area contributed by atoms with Crippen molar-refractivity contribution in [2.24, 2.45) is 0 Å². The Hall–Kier alpha value is -2.01. The second kappa shape index (κ2) is 17.3. The van der Waals surface area contributed by atoms with Gasteiger partial charge in [-0.2, -0.15) is 5.26 Å². The minimum absolute atomic E-state index is 0.483. The highest BCUT2D eigenvalue weighted by atomic mass is 16.6. The van der Waals surface area contributed by atoms with E-state index >= 15 is 0 Å². The lowest BCUT2D eigenvalue weighted by molar-refractivity contribution is 0.0271. The fourth-order valence-corrected chi connectivity index (χ4v) is 1.54. The third-order valence-corrected chi connectivity index (χ3v) is 2.64. The van der Waals surface area contributed by atoms with Crippen molar-refractivity contribution in [1.82, 2.24) is 16.0 Å². The molecule has 2 atom stereocenters. The Balaban J connectivity index is 0. The number of carbonyl (C=O) groups excluding carboxylic acids is 2. The first kappa shape index (κ1) is 24.2. The van der Waals surface area contributed by atoms with Crippen molar-refractivity contribution in [3.8, 4) is 6.07 Å². The predicted molar refractivity (Wildman–Crippen MR) is 92.1 cm³/mol. The van der Waals surface area contributed by atoms with Crippen molar-refractivity contribution in [2.45, 2.75) is 72.8 Å². The monoisotopic (exact) mass is 344 g/mol. The molecule has 24 heavy (non-hydrogen) atoms. The Kier molecular flexibility index (Phi) is 17.5. The minimum Gasteiger partial charge on any atom is -0.431 e. The van der Waals surface area contributed by atoms with Crippen molar-refractivity contribution in [2.75, 3.05) is 13.1 Å². The van der Waals surface area contributed by atoms with Crippen LogP contribution in [0.1, 0.15) is 60.3 Å². The van der Waals surface area contributed by atoms with Gasteiger partial charge in [-0.15, -0.1) is 0 Å². The van der Waals surface area contributed by atoms with Crippen molar-refractivity contribution >= 4 is 12.2 Å². The molecule has 0 aromatic carbocycles. The maximum atomic E-state index is 11.4. The molecule has 8 nitrogen and oxygen atoms in total. The summed E-state index contributed by atoms with van der Waals surface area (Å²) in [6.07, 6.45) is 1.77. The topological polar surface area (TPSA) is 112 Å². The summed E-state index contributed by atoms with van der Waals surface area (Å²) in [4.78, 5) is 22.8. The fraction of sp³-hybridized carbons (Fsp3) is 0.812. The Morgan fingerprint density at radius 2 is 1.29 bits per heavy atom. The summed E-state index contributed by atoms with van der Waals surface area (Å²) in [7, 11) is 0. The Morgan fingerprint density at radius 3 is 1.58 bits per heavy atom. The van der Waals surface area contributed by atoms with Gasteiger partial charge >= 0.3 is 12.2 Å². The van der Waals surface area contributed by atoms with E-state index in [-0.39, 0.29) is 0 Å². The fourth-order valence-electron chi connectivity index (χ4n) is 1.54. The molecule has 0 radical (unpaired) electrons. The Bertz CT molecular complexity index is 344.